The summed E-state index contributed by atoms with van der Waals surface area (Å²) >= 11 is 0. The Labute approximate surface area is 153 Å². The number of aromatic amines is 1. The summed E-state index contributed by atoms with van der Waals surface area (Å²) in [5, 5.41) is 2.98. The lowest BCUT2D eigenvalue weighted by molar-refractivity contribution is 0.102. The highest BCUT2D eigenvalue weighted by Gasteiger charge is 2.22. The van der Waals surface area contributed by atoms with Crippen LogP contribution in [-0.2, 0) is 0 Å². The third-order valence-corrected chi connectivity index (χ3v) is 5.29. The summed E-state index contributed by atoms with van der Waals surface area (Å²) in [5.74, 6) is 1.54. The van der Waals surface area contributed by atoms with Gasteiger partial charge in [-0.25, -0.2) is 4.98 Å². The maximum atomic E-state index is 12.5. The van der Waals surface area contributed by atoms with Crippen molar-refractivity contribution in [3.63, 3.8) is 0 Å². The Morgan fingerprint density at radius 1 is 1.23 bits per heavy atom. The molecule has 4 rings (SSSR count). The van der Waals surface area contributed by atoms with E-state index in [2.05, 4.69) is 27.1 Å². The van der Waals surface area contributed by atoms with Gasteiger partial charge in [-0.05, 0) is 62.2 Å². The van der Waals surface area contributed by atoms with Gasteiger partial charge in [-0.3, -0.25) is 4.79 Å². The highest BCUT2D eigenvalue weighted by Crippen LogP contribution is 2.35. The normalized spacial score (nSPS) is 14.2. The standard InChI is InChI=1S/C21H24N4O/c1-3-25(2)17-10-7-15(8-11-17)21(26)22-16-9-12-18-19(13-16)24-20(23-18)14-5-4-6-14/h7-14H,3-6H2,1-2H3,(H,22,26)(H,23,24). The molecule has 1 saturated carbocycles. The summed E-state index contributed by atoms with van der Waals surface area (Å²) in [7, 11) is 2.03. The molecule has 1 aliphatic rings. The van der Waals surface area contributed by atoms with Crippen LogP contribution in [-0.4, -0.2) is 29.5 Å². The van der Waals surface area contributed by atoms with Gasteiger partial charge in [0.1, 0.15) is 5.82 Å². The molecule has 2 N–H and O–H groups in total. The number of amides is 1. The first kappa shape index (κ1) is 16.6. The fourth-order valence-electron chi connectivity index (χ4n) is 3.24. The van der Waals surface area contributed by atoms with Crippen LogP contribution in [0.3, 0.4) is 0 Å². The lowest BCUT2D eigenvalue weighted by atomic mass is 9.85. The van der Waals surface area contributed by atoms with Gasteiger partial charge in [0.15, 0.2) is 0 Å². The number of nitrogens with zero attached hydrogens (tertiary/aromatic N) is 2. The Morgan fingerprint density at radius 2 is 2.00 bits per heavy atom. The molecule has 5 nitrogen and oxygen atoms in total. The van der Waals surface area contributed by atoms with Crippen molar-refractivity contribution in [2.75, 3.05) is 23.8 Å². The predicted molar refractivity (Wildman–Crippen MR) is 106 cm³/mol. The summed E-state index contributed by atoms with van der Waals surface area (Å²) in [5.41, 5.74) is 4.46. The number of benzene rings is 2. The van der Waals surface area contributed by atoms with Gasteiger partial charge in [0.2, 0.25) is 0 Å². The minimum atomic E-state index is -0.103. The zero-order valence-corrected chi connectivity index (χ0v) is 15.2. The van der Waals surface area contributed by atoms with Crippen LogP contribution in [0.25, 0.3) is 11.0 Å². The smallest absolute Gasteiger partial charge is 0.255 e. The van der Waals surface area contributed by atoms with Crippen molar-refractivity contribution < 1.29 is 4.79 Å². The molecule has 1 heterocycles. The molecular weight excluding hydrogens is 324 g/mol. The fraction of sp³-hybridized carbons (Fsp3) is 0.333. The number of rotatable bonds is 5. The molecule has 0 aliphatic heterocycles. The van der Waals surface area contributed by atoms with Crippen molar-refractivity contribution in [3.8, 4) is 0 Å². The second-order valence-corrected chi connectivity index (χ2v) is 7.00. The van der Waals surface area contributed by atoms with E-state index in [0.717, 1.165) is 34.8 Å². The number of anilines is 2. The first-order chi connectivity index (χ1) is 12.6. The number of H-pyrrole nitrogens is 1. The maximum absolute atomic E-state index is 12.5. The van der Waals surface area contributed by atoms with E-state index < -0.39 is 0 Å². The van der Waals surface area contributed by atoms with Crippen LogP contribution in [0.1, 0.15) is 48.3 Å². The summed E-state index contributed by atoms with van der Waals surface area (Å²) in [6, 6.07) is 13.5. The van der Waals surface area contributed by atoms with Crippen molar-refractivity contribution in [3.05, 3.63) is 53.9 Å². The number of nitrogens with one attached hydrogen (secondary N) is 2. The molecule has 0 bridgehead atoms. The Kier molecular flexibility index (Phi) is 4.37. The highest BCUT2D eigenvalue weighted by molar-refractivity contribution is 6.05. The van der Waals surface area contributed by atoms with Gasteiger partial charge in [0.25, 0.3) is 5.91 Å². The summed E-state index contributed by atoms with van der Waals surface area (Å²) in [6.45, 7) is 3.03. The number of carbonyl (C=O) groups excluding carboxylic acids is 1. The summed E-state index contributed by atoms with van der Waals surface area (Å²) in [4.78, 5) is 22.7. The second-order valence-electron chi connectivity index (χ2n) is 7.00. The third-order valence-electron chi connectivity index (χ3n) is 5.29. The number of aromatic nitrogens is 2. The quantitative estimate of drug-likeness (QED) is 0.712. The topological polar surface area (TPSA) is 61.0 Å². The van der Waals surface area contributed by atoms with Crippen molar-refractivity contribution in [2.24, 2.45) is 0 Å². The van der Waals surface area contributed by atoms with Crippen molar-refractivity contribution in [1.82, 2.24) is 9.97 Å². The molecule has 0 spiro atoms. The molecule has 134 valence electrons. The van der Waals surface area contributed by atoms with Crippen molar-refractivity contribution in [2.45, 2.75) is 32.1 Å². The molecule has 0 unspecified atom stereocenters. The van der Waals surface area contributed by atoms with Gasteiger partial charge in [-0.1, -0.05) is 6.42 Å². The van der Waals surface area contributed by atoms with E-state index in [1.807, 2.05) is 49.5 Å². The lowest BCUT2D eigenvalue weighted by Crippen LogP contribution is -2.16. The van der Waals surface area contributed by atoms with Crippen LogP contribution in [0.5, 0.6) is 0 Å². The molecular formula is C21H24N4O. The van der Waals surface area contributed by atoms with Gasteiger partial charge in [0, 0.05) is 36.4 Å². The minimum Gasteiger partial charge on any atom is -0.375 e. The maximum Gasteiger partial charge on any atom is 0.255 e. The van der Waals surface area contributed by atoms with Gasteiger partial charge in [-0.15, -0.1) is 0 Å². The molecule has 1 fully saturated rings. The lowest BCUT2D eigenvalue weighted by Gasteiger charge is -2.22. The first-order valence-electron chi connectivity index (χ1n) is 9.26. The van der Waals surface area contributed by atoms with E-state index in [1.54, 1.807) is 0 Å². The van der Waals surface area contributed by atoms with E-state index >= 15 is 0 Å². The molecule has 0 atom stereocenters. The Morgan fingerprint density at radius 3 is 2.65 bits per heavy atom. The van der Waals surface area contributed by atoms with Crippen LogP contribution in [0.2, 0.25) is 0 Å². The van der Waals surface area contributed by atoms with Crippen LogP contribution in [0.4, 0.5) is 11.4 Å². The molecule has 0 saturated heterocycles. The van der Waals surface area contributed by atoms with Crippen molar-refractivity contribution >= 4 is 28.3 Å². The monoisotopic (exact) mass is 348 g/mol. The van der Waals surface area contributed by atoms with E-state index in [1.165, 1.54) is 19.3 Å². The Hall–Kier alpha value is -2.82. The molecule has 2 aromatic carbocycles. The number of imidazole rings is 1. The molecule has 1 aliphatic carbocycles. The number of carbonyl (C=O) groups is 1. The highest BCUT2D eigenvalue weighted by atomic mass is 16.1. The van der Waals surface area contributed by atoms with Crippen LogP contribution >= 0.6 is 0 Å². The van der Waals surface area contributed by atoms with E-state index in [-0.39, 0.29) is 5.91 Å². The van der Waals surface area contributed by atoms with Crippen LogP contribution in [0.15, 0.2) is 42.5 Å². The number of fused-ring (bicyclic) bond motifs is 1. The van der Waals surface area contributed by atoms with E-state index in [4.69, 9.17) is 0 Å². The number of hydrogen-bond donors (Lipinski definition) is 2. The molecule has 5 heteroatoms. The zero-order valence-electron chi connectivity index (χ0n) is 15.2. The van der Waals surface area contributed by atoms with Gasteiger partial charge >= 0.3 is 0 Å². The molecule has 26 heavy (non-hydrogen) atoms. The van der Waals surface area contributed by atoms with Gasteiger partial charge in [-0.2, -0.15) is 0 Å². The summed E-state index contributed by atoms with van der Waals surface area (Å²) in [6.07, 6.45) is 3.72. The largest absolute Gasteiger partial charge is 0.375 e. The average molecular weight is 348 g/mol. The minimum absolute atomic E-state index is 0.103. The SMILES string of the molecule is CCN(C)c1ccc(C(=O)Nc2ccc3nc(C4CCC4)[nH]c3c2)cc1. The second kappa shape index (κ2) is 6.83. The van der Waals surface area contributed by atoms with Crippen LogP contribution in [0, 0.1) is 0 Å². The molecule has 1 aromatic heterocycles. The van der Waals surface area contributed by atoms with Crippen LogP contribution < -0.4 is 10.2 Å². The Bertz CT molecular complexity index is 925. The Balaban J connectivity index is 1.49. The number of hydrogen-bond acceptors (Lipinski definition) is 3. The molecule has 3 aromatic rings. The van der Waals surface area contributed by atoms with Gasteiger partial charge in [0.05, 0.1) is 11.0 Å². The zero-order chi connectivity index (χ0) is 18.1. The van der Waals surface area contributed by atoms with Crippen molar-refractivity contribution in [1.29, 1.82) is 0 Å². The molecule has 1 amide bonds. The fourth-order valence-corrected chi connectivity index (χ4v) is 3.24. The first-order valence-corrected chi connectivity index (χ1v) is 9.26. The van der Waals surface area contributed by atoms with E-state index in [0.29, 0.717) is 11.5 Å². The van der Waals surface area contributed by atoms with Gasteiger partial charge < -0.3 is 15.2 Å². The average Bonchev–Trinajstić information content (AvgIpc) is 3.02. The third kappa shape index (κ3) is 3.17. The summed E-state index contributed by atoms with van der Waals surface area (Å²) < 4.78 is 0. The predicted octanol–water partition coefficient (Wildman–Crippen LogP) is 4.54. The molecule has 0 radical (unpaired) electrons. The van der Waals surface area contributed by atoms with E-state index in [9.17, 15) is 4.79 Å².